The summed E-state index contributed by atoms with van der Waals surface area (Å²) < 4.78 is 5.49. The first-order chi connectivity index (χ1) is 9.86. The lowest BCUT2D eigenvalue weighted by Crippen LogP contribution is -2.09. The van der Waals surface area contributed by atoms with Gasteiger partial charge in [0.1, 0.15) is 12.4 Å². The number of hydrazone groups is 1. The molecule has 0 amide bonds. The van der Waals surface area contributed by atoms with E-state index in [1.54, 1.807) is 17.4 Å². The Morgan fingerprint density at radius 3 is 2.90 bits per heavy atom. The van der Waals surface area contributed by atoms with E-state index in [-0.39, 0.29) is 6.04 Å². The van der Waals surface area contributed by atoms with Crippen LogP contribution in [0.15, 0.2) is 59.5 Å². The van der Waals surface area contributed by atoms with Crippen molar-refractivity contribution < 1.29 is 4.74 Å². The Bertz CT molecular complexity index is 602. The van der Waals surface area contributed by atoms with Crippen LogP contribution < -0.4 is 10.2 Å². The fraction of sp³-hybridized carbons (Fsp3) is 0.188. The highest BCUT2D eigenvalue weighted by atomic mass is 32.1. The number of nitrogens with one attached hydrogen (secondary N) is 1. The largest absolute Gasteiger partial charge is 0.490 e. The molecule has 102 valence electrons. The average Bonchev–Trinajstić information content (AvgIpc) is 3.16. The van der Waals surface area contributed by atoms with Gasteiger partial charge in [-0.25, -0.2) is 0 Å². The minimum absolute atomic E-state index is 0.251. The maximum atomic E-state index is 5.49. The minimum atomic E-state index is 0.251. The molecule has 0 bridgehead atoms. The first-order valence-electron chi connectivity index (χ1n) is 6.56. The summed E-state index contributed by atoms with van der Waals surface area (Å²) in [5.74, 6) is 0.867. The van der Waals surface area contributed by atoms with E-state index in [2.05, 4.69) is 46.8 Å². The lowest BCUT2D eigenvalue weighted by Gasteiger charge is -2.11. The summed E-state index contributed by atoms with van der Waals surface area (Å²) in [6.45, 7) is 4.17. The van der Waals surface area contributed by atoms with Crippen LogP contribution >= 0.6 is 11.3 Å². The summed E-state index contributed by atoms with van der Waals surface area (Å²) in [4.78, 5) is 1.24. The van der Waals surface area contributed by atoms with E-state index >= 15 is 0 Å². The summed E-state index contributed by atoms with van der Waals surface area (Å²) in [6, 6.07) is 12.6. The van der Waals surface area contributed by atoms with Crippen molar-refractivity contribution in [2.24, 2.45) is 5.10 Å². The summed E-state index contributed by atoms with van der Waals surface area (Å²) >= 11 is 1.73. The number of nitrogens with zero attached hydrogens (tertiary/aromatic N) is 1. The smallest absolute Gasteiger partial charge is 0.119 e. The average molecular weight is 284 g/mol. The zero-order chi connectivity index (χ0) is 13.8. The van der Waals surface area contributed by atoms with Crippen LogP contribution in [0.5, 0.6) is 5.75 Å². The third-order valence-electron chi connectivity index (χ3n) is 3.21. The molecule has 0 aliphatic carbocycles. The second-order valence-corrected chi connectivity index (χ2v) is 5.54. The first kappa shape index (κ1) is 12.9. The van der Waals surface area contributed by atoms with Gasteiger partial charge in [0.05, 0.1) is 16.6 Å². The van der Waals surface area contributed by atoms with E-state index in [0.717, 1.165) is 17.9 Å². The van der Waals surface area contributed by atoms with Crippen LogP contribution in [-0.4, -0.2) is 12.3 Å². The van der Waals surface area contributed by atoms with Gasteiger partial charge in [-0.2, -0.15) is 5.10 Å². The molecule has 2 aromatic rings. The van der Waals surface area contributed by atoms with Gasteiger partial charge in [-0.3, -0.25) is 0 Å². The molecule has 0 radical (unpaired) electrons. The SMILES string of the molecule is C=CCOc1ccc(C2CC(c3cccs3)=NN2)cc1. The predicted octanol–water partition coefficient (Wildman–Crippen LogP) is 3.75. The Hall–Kier alpha value is -2.07. The normalized spacial score (nSPS) is 17.4. The van der Waals surface area contributed by atoms with E-state index in [4.69, 9.17) is 4.74 Å². The number of rotatable bonds is 5. The Labute approximate surface area is 122 Å². The van der Waals surface area contributed by atoms with Gasteiger partial charge in [-0.15, -0.1) is 11.3 Å². The molecule has 0 fully saturated rings. The Morgan fingerprint density at radius 1 is 1.35 bits per heavy atom. The molecule has 0 saturated heterocycles. The molecule has 1 aromatic heterocycles. The second-order valence-electron chi connectivity index (χ2n) is 4.59. The van der Waals surface area contributed by atoms with Crippen molar-refractivity contribution in [1.29, 1.82) is 0 Å². The highest BCUT2D eigenvalue weighted by Gasteiger charge is 2.21. The number of hydrogen-bond donors (Lipinski definition) is 1. The third-order valence-corrected chi connectivity index (χ3v) is 4.13. The standard InChI is InChI=1S/C16H16N2OS/c1-2-9-19-13-7-5-12(6-8-13)14-11-15(18-17-14)16-4-3-10-20-16/h2-8,10,14,17H,1,9,11H2. The van der Waals surface area contributed by atoms with Gasteiger partial charge in [-0.05, 0) is 29.1 Å². The van der Waals surface area contributed by atoms with Gasteiger partial charge in [-0.1, -0.05) is 30.9 Å². The van der Waals surface area contributed by atoms with Gasteiger partial charge in [0.25, 0.3) is 0 Å². The van der Waals surface area contributed by atoms with Crippen molar-refractivity contribution >= 4 is 17.0 Å². The van der Waals surface area contributed by atoms with Crippen LogP contribution in [0, 0.1) is 0 Å². The molecule has 2 heterocycles. The lowest BCUT2D eigenvalue weighted by molar-refractivity contribution is 0.363. The molecule has 1 atom stereocenters. The predicted molar refractivity (Wildman–Crippen MR) is 83.5 cm³/mol. The summed E-state index contributed by atoms with van der Waals surface area (Å²) in [6.07, 6.45) is 2.67. The molecule has 1 N–H and O–H groups in total. The number of ether oxygens (including phenoxy) is 1. The van der Waals surface area contributed by atoms with Crippen molar-refractivity contribution in [3.63, 3.8) is 0 Å². The van der Waals surface area contributed by atoms with Gasteiger partial charge in [0.15, 0.2) is 0 Å². The van der Waals surface area contributed by atoms with Crippen molar-refractivity contribution in [3.05, 3.63) is 64.9 Å². The van der Waals surface area contributed by atoms with Gasteiger partial charge in [0.2, 0.25) is 0 Å². The fourth-order valence-corrected chi connectivity index (χ4v) is 2.91. The zero-order valence-corrected chi connectivity index (χ0v) is 11.9. The van der Waals surface area contributed by atoms with Crippen molar-refractivity contribution in [3.8, 4) is 5.75 Å². The van der Waals surface area contributed by atoms with E-state index < -0.39 is 0 Å². The maximum Gasteiger partial charge on any atom is 0.119 e. The Balaban J connectivity index is 1.65. The molecule has 0 saturated carbocycles. The summed E-state index contributed by atoms with van der Waals surface area (Å²) in [5.41, 5.74) is 5.58. The monoisotopic (exact) mass is 284 g/mol. The molecular formula is C16H16N2OS. The van der Waals surface area contributed by atoms with Crippen LogP contribution in [0.25, 0.3) is 0 Å². The van der Waals surface area contributed by atoms with Crippen LogP contribution in [0.4, 0.5) is 0 Å². The molecule has 1 unspecified atom stereocenters. The van der Waals surface area contributed by atoms with Crippen LogP contribution in [0.2, 0.25) is 0 Å². The van der Waals surface area contributed by atoms with Gasteiger partial charge < -0.3 is 10.2 Å². The van der Waals surface area contributed by atoms with E-state index in [1.807, 2.05) is 12.1 Å². The van der Waals surface area contributed by atoms with Gasteiger partial charge in [0, 0.05) is 6.42 Å². The second kappa shape index (κ2) is 5.92. The topological polar surface area (TPSA) is 33.6 Å². The Kier molecular flexibility index (Phi) is 3.83. The van der Waals surface area contributed by atoms with Gasteiger partial charge >= 0.3 is 0 Å². The highest BCUT2D eigenvalue weighted by molar-refractivity contribution is 7.12. The third kappa shape index (κ3) is 2.75. The number of benzene rings is 1. The van der Waals surface area contributed by atoms with E-state index in [1.165, 1.54) is 10.4 Å². The van der Waals surface area contributed by atoms with E-state index in [0.29, 0.717) is 6.61 Å². The van der Waals surface area contributed by atoms with Crippen molar-refractivity contribution in [1.82, 2.24) is 5.43 Å². The quantitative estimate of drug-likeness (QED) is 0.848. The molecular weight excluding hydrogens is 268 g/mol. The van der Waals surface area contributed by atoms with Crippen LogP contribution in [-0.2, 0) is 0 Å². The highest BCUT2D eigenvalue weighted by Crippen LogP contribution is 2.27. The fourth-order valence-electron chi connectivity index (χ4n) is 2.18. The Morgan fingerprint density at radius 2 is 2.20 bits per heavy atom. The molecule has 3 rings (SSSR count). The zero-order valence-electron chi connectivity index (χ0n) is 11.1. The molecule has 1 aliphatic heterocycles. The van der Waals surface area contributed by atoms with Crippen molar-refractivity contribution in [2.75, 3.05) is 6.61 Å². The minimum Gasteiger partial charge on any atom is -0.490 e. The molecule has 1 aliphatic rings. The summed E-state index contributed by atoms with van der Waals surface area (Å²) in [7, 11) is 0. The summed E-state index contributed by atoms with van der Waals surface area (Å²) in [5, 5.41) is 6.52. The molecule has 3 nitrogen and oxygen atoms in total. The molecule has 0 spiro atoms. The van der Waals surface area contributed by atoms with E-state index in [9.17, 15) is 0 Å². The van der Waals surface area contributed by atoms with Crippen LogP contribution in [0.1, 0.15) is 22.9 Å². The molecule has 1 aromatic carbocycles. The maximum absolute atomic E-state index is 5.49. The first-order valence-corrected chi connectivity index (χ1v) is 7.44. The van der Waals surface area contributed by atoms with Crippen molar-refractivity contribution in [2.45, 2.75) is 12.5 Å². The van der Waals surface area contributed by atoms with Crippen LogP contribution in [0.3, 0.4) is 0 Å². The molecule has 20 heavy (non-hydrogen) atoms. The number of thiophene rings is 1. The lowest BCUT2D eigenvalue weighted by atomic mass is 10.0. The number of hydrogen-bond acceptors (Lipinski definition) is 4. The molecule has 4 heteroatoms.